The van der Waals surface area contributed by atoms with E-state index in [0.29, 0.717) is 5.88 Å². The predicted octanol–water partition coefficient (Wildman–Crippen LogP) is 4.55. The third-order valence-electron chi connectivity index (χ3n) is 5.39. The third kappa shape index (κ3) is 5.44. The van der Waals surface area contributed by atoms with Gasteiger partial charge < -0.3 is 14.8 Å². The van der Waals surface area contributed by atoms with Gasteiger partial charge >= 0.3 is 6.18 Å². The average Bonchev–Trinajstić information content (AvgIpc) is 3.48. The molecule has 2 heterocycles. The number of halogens is 3. The molecule has 0 aliphatic heterocycles. The molecule has 1 fully saturated rings. The number of carbonyl (C=O) groups is 1. The van der Waals surface area contributed by atoms with Crippen LogP contribution < -0.4 is 14.8 Å². The van der Waals surface area contributed by atoms with Gasteiger partial charge in [0.15, 0.2) is 11.4 Å². The molecule has 174 valence electrons. The average molecular weight is 460 g/mol. The second-order valence-corrected chi connectivity index (χ2v) is 7.75. The van der Waals surface area contributed by atoms with Crippen LogP contribution in [0.5, 0.6) is 11.6 Å². The second kappa shape index (κ2) is 9.51. The Balaban J connectivity index is 1.42. The van der Waals surface area contributed by atoms with E-state index in [1.165, 1.54) is 43.0 Å². The molecular weight excluding hydrogens is 437 g/mol. The number of hydrogen-bond donors (Lipinski definition) is 1. The second-order valence-electron chi connectivity index (χ2n) is 7.75. The van der Waals surface area contributed by atoms with Gasteiger partial charge in [-0.2, -0.15) is 18.3 Å². The summed E-state index contributed by atoms with van der Waals surface area (Å²) < 4.78 is 51.3. The number of rotatable bonds is 7. The van der Waals surface area contributed by atoms with Crippen LogP contribution in [0, 0.1) is 0 Å². The Morgan fingerprint density at radius 3 is 2.67 bits per heavy atom. The third-order valence-corrected chi connectivity index (χ3v) is 5.39. The maximum atomic E-state index is 13.0. The van der Waals surface area contributed by atoms with Crippen molar-refractivity contribution in [2.75, 3.05) is 7.11 Å². The molecule has 1 aliphatic carbocycles. The minimum absolute atomic E-state index is 0.0379. The summed E-state index contributed by atoms with van der Waals surface area (Å²) in [5, 5.41) is 6.86. The first-order chi connectivity index (χ1) is 15.8. The summed E-state index contributed by atoms with van der Waals surface area (Å²) in [7, 11) is 1.36. The standard InChI is InChI=1S/C23H23F3N4O3/c1-32-19-14-30(17-6-4-5-16(11-17)23(24,25)26)29-21(19)22(31)28-13-15-9-10-20(27-12-15)33-18-7-2-3-8-18/h4-6,9-12,14,18H,2-3,7-8,13H2,1H3,(H,28,31). The van der Waals surface area contributed by atoms with Crippen LogP contribution in [0.25, 0.3) is 5.69 Å². The fraction of sp³-hybridized carbons (Fsp3) is 0.348. The van der Waals surface area contributed by atoms with Crippen molar-refractivity contribution in [1.29, 1.82) is 0 Å². The maximum Gasteiger partial charge on any atom is 0.416 e. The molecule has 33 heavy (non-hydrogen) atoms. The molecule has 0 unspecified atom stereocenters. The summed E-state index contributed by atoms with van der Waals surface area (Å²) in [6.45, 7) is 0.190. The molecule has 7 nitrogen and oxygen atoms in total. The topological polar surface area (TPSA) is 78.3 Å². The fourth-order valence-electron chi connectivity index (χ4n) is 3.65. The first-order valence-corrected chi connectivity index (χ1v) is 10.5. The molecule has 0 atom stereocenters. The van der Waals surface area contributed by atoms with Gasteiger partial charge in [-0.15, -0.1) is 0 Å². The molecule has 0 bridgehead atoms. The number of benzene rings is 1. The van der Waals surface area contributed by atoms with Gasteiger partial charge in [0.2, 0.25) is 5.88 Å². The zero-order valence-corrected chi connectivity index (χ0v) is 17.9. The van der Waals surface area contributed by atoms with E-state index in [0.717, 1.165) is 30.5 Å². The van der Waals surface area contributed by atoms with Gasteiger partial charge in [-0.25, -0.2) is 9.67 Å². The number of nitrogens with one attached hydrogen (secondary N) is 1. The summed E-state index contributed by atoms with van der Waals surface area (Å²) >= 11 is 0. The molecule has 1 amide bonds. The first kappa shape index (κ1) is 22.6. The molecule has 1 aromatic carbocycles. The van der Waals surface area contributed by atoms with Crippen molar-refractivity contribution >= 4 is 5.91 Å². The minimum Gasteiger partial charge on any atom is -0.493 e. The van der Waals surface area contributed by atoms with Gasteiger partial charge in [0.1, 0.15) is 6.10 Å². The Hall–Kier alpha value is -3.56. The first-order valence-electron chi connectivity index (χ1n) is 10.5. The van der Waals surface area contributed by atoms with Crippen molar-refractivity contribution in [3.05, 3.63) is 65.6 Å². The van der Waals surface area contributed by atoms with Gasteiger partial charge in [0.05, 0.1) is 24.6 Å². The Kier molecular flexibility index (Phi) is 6.52. The number of amides is 1. The van der Waals surface area contributed by atoms with Crippen molar-refractivity contribution in [2.45, 2.75) is 44.5 Å². The Bertz CT molecular complexity index is 1110. The Labute approximate surface area is 188 Å². The number of methoxy groups -OCH3 is 1. The van der Waals surface area contributed by atoms with E-state index in [1.54, 1.807) is 12.3 Å². The molecule has 0 saturated heterocycles. The highest BCUT2D eigenvalue weighted by molar-refractivity contribution is 5.94. The molecule has 1 aliphatic rings. The molecule has 1 saturated carbocycles. The molecule has 4 rings (SSSR count). The van der Waals surface area contributed by atoms with E-state index in [1.807, 2.05) is 6.07 Å². The number of pyridine rings is 1. The summed E-state index contributed by atoms with van der Waals surface area (Å²) in [4.78, 5) is 17.0. The van der Waals surface area contributed by atoms with Crippen LogP contribution in [-0.2, 0) is 12.7 Å². The van der Waals surface area contributed by atoms with Crippen LogP contribution in [-0.4, -0.2) is 33.9 Å². The number of aromatic nitrogens is 3. The number of ether oxygens (including phenoxy) is 2. The minimum atomic E-state index is -4.49. The lowest BCUT2D eigenvalue weighted by Crippen LogP contribution is -2.24. The number of hydrogen-bond acceptors (Lipinski definition) is 5. The zero-order chi connectivity index (χ0) is 23.4. The number of carbonyl (C=O) groups excluding carboxylic acids is 1. The van der Waals surface area contributed by atoms with Crippen molar-refractivity contribution in [3.8, 4) is 17.3 Å². The van der Waals surface area contributed by atoms with E-state index < -0.39 is 17.6 Å². The van der Waals surface area contributed by atoms with Crippen LogP contribution in [0.3, 0.4) is 0 Å². The highest BCUT2D eigenvalue weighted by atomic mass is 19.4. The molecule has 3 aromatic rings. The molecule has 0 radical (unpaired) electrons. The van der Waals surface area contributed by atoms with Crippen LogP contribution in [0.15, 0.2) is 48.8 Å². The summed E-state index contributed by atoms with van der Waals surface area (Å²) in [5.74, 6) is 0.172. The van der Waals surface area contributed by atoms with Crippen LogP contribution in [0.1, 0.15) is 47.3 Å². The van der Waals surface area contributed by atoms with Crippen LogP contribution in [0.2, 0.25) is 0 Å². The van der Waals surface area contributed by atoms with Gasteiger partial charge in [-0.1, -0.05) is 12.1 Å². The summed E-state index contributed by atoms with van der Waals surface area (Å²) in [6.07, 6.45) is 3.12. The predicted molar refractivity (Wildman–Crippen MR) is 113 cm³/mol. The monoisotopic (exact) mass is 460 g/mol. The summed E-state index contributed by atoms with van der Waals surface area (Å²) in [6, 6.07) is 8.24. The Morgan fingerprint density at radius 2 is 2.00 bits per heavy atom. The molecule has 2 aromatic heterocycles. The molecule has 0 spiro atoms. The lowest BCUT2D eigenvalue weighted by molar-refractivity contribution is -0.137. The van der Waals surface area contributed by atoms with Crippen molar-refractivity contribution in [3.63, 3.8) is 0 Å². The lowest BCUT2D eigenvalue weighted by Gasteiger charge is -2.12. The van der Waals surface area contributed by atoms with Crippen molar-refractivity contribution in [1.82, 2.24) is 20.1 Å². The SMILES string of the molecule is COc1cn(-c2cccc(C(F)(F)F)c2)nc1C(=O)NCc1ccc(OC2CCCC2)nc1. The molecule has 10 heteroatoms. The van der Waals surface area contributed by atoms with E-state index in [4.69, 9.17) is 9.47 Å². The van der Waals surface area contributed by atoms with E-state index >= 15 is 0 Å². The number of alkyl halides is 3. The van der Waals surface area contributed by atoms with Gasteiger partial charge in [-0.05, 0) is 49.4 Å². The van der Waals surface area contributed by atoms with E-state index in [9.17, 15) is 18.0 Å². The van der Waals surface area contributed by atoms with E-state index in [2.05, 4.69) is 15.4 Å². The van der Waals surface area contributed by atoms with Gasteiger partial charge in [0, 0.05) is 18.8 Å². The van der Waals surface area contributed by atoms with Crippen molar-refractivity contribution in [2.24, 2.45) is 0 Å². The smallest absolute Gasteiger partial charge is 0.416 e. The van der Waals surface area contributed by atoms with Crippen molar-refractivity contribution < 1.29 is 27.4 Å². The van der Waals surface area contributed by atoms with Crippen LogP contribution >= 0.6 is 0 Å². The lowest BCUT2D eigenvalue weighted by atomic mass is 10.2. The maximum absolute atomic E-state index is 13.0. The largest absolute Gasteiger partial charge is 0.493 e. The normalized spacial score (nSPS) is 14.3. The fourth-order valence-corrected chi connectivity index (χ4v) is 3.65. The Morgan fingerprint density at radius 1 is 1.21 bits per heavy atom. The van der Waals surface area contributed by atoms with E-state index in [-0.39, 0.29) is 29.8 Å². The highest BCUT2D eigenvalue weighted by Crippen LogP contribution is 2.31. The highest BCUT2D eigenvalue weighted by Gasteiger charge is 2.30. The quantitative estimate of drug-likeness (QED) is 0.560. The zero-order valence-electron chi connectivity index (χ0n) is 17.9. The van der Waals surface area contributed by atoms with Gasteiger partial charge in [0.25, 0.3) is 5.91 Å². The molecular formula is C23H23F3N4O3. The summed E-state index contributed by atoms with van der Waals surface area (Å²) in [5.41, 5.74) is 0.0695. The van der Waals surface area contributed by atoms with Gasteiger partial charge in [-0.3, -0.25) is 4.79 Å². The number of nitrogens with zero attached hydrogens (tertiary/aromatic N) is 3. The van der Waals surface area contributed by atoms with Crippen LogP contribution in [0.4, 0.5) is 13.2 Å². The molecule has 1 N–H and O–H groups in total.